The molecule has 0 saturated heterocycles. The smallest absolute Gasteiger partial charge is 0.339 e. The van der Waals surface area contributed by atoms with Crippen LogP contribution in [0.25, 0.3) is 0 Å². The molecular weight excluding hydrogens is 336 g/mol. The van der Waals surface area contributed by atoms with Crippen LogP contribution in [0.3, 0.4) is 0 Å². The summed E-state index contributed by atoms with van der Waals surface area (Å²) in [5.74, 6) is -0.978. The summed E-state index contributed by atoms with van der Waals surface area (Å²) in [4.78, 5) is 11.0. The second kappa shape index (κ2) is 6.91. The second-order valence-corrected chi connectivity index (χ2v) is 7.08. The van der Waals surface area contributed by atoms with Gasteiger partial charge in [-0.25, -0.2) is 13.2 Å². The zero-order valence-corrected chi connectivity index (χ0v) is 12.8. The predicted octanol–water partition coefficient (Wildman–Crippen LogP) is 2.35. The minimum absolute atomic E-state index is 0.00210. The lowest BCUT2D eigenvalue weighted by Gasteiger charge is -2.11. The molecule has 0 heterocycles. The van der Waals surface area contributed by atoms with Gasteiger partial charge in [0.2, 0.25) is 0 Å². The van der Waals surface area contributed by atoms with E-state index in [1.165, 1.54) is 6.07 Å². The van der Waals surface area contributed by atoms with Crippen molar-refractivity contribution < 1.29 is 23.1 Å². The van der Waals surface area contributed by atoms with E-state index in [0.717, 1.165) is 0 Å². The lowest BCUT2D eigenvalue weighted by molar-refractivity contribution is 0.0692. The highest BCUT2D eigenvalue weighted by Gasteiger charge is 2.16. The van der Waals surface area contributed by atoms with Gasteiger partial charge in [0.25, 0.3) is 0 Å². The van der Waals surface area contributed by atoms with E-state index in [9.17, 15) is 13.2 Å². The van der Waals surface area contributed by atoms with E-state index in [1.807, 2.05) is 0 Å². The van der Waals surface area contributed by atoms with Gasteiger partial charge < -0.3 is 9.84 Å². The Morgan fingerprint density at radius 2 is 2.05 bits per heavy atom. The van der Waals surface area contributed by atoms with Gasteiger partial charge in [0.1, 0.15) is 17.9 Å². The summed E-state index contributed by atoms with van der Waals surface area (Å²) < 4.78 is 28.8. The number of rotatable bonds is 7. The predicted molar refractivity (Wildman–Crippen MR) is 75.5 cm³/mol. The number of benzene rings is 1. The number of carboxylic acid groups (broad SMARTS) is 1. The van der Waals surface area contributed by atoms with E-state index in [-0.39, 0.29) is 29.4 Å². The van der Waals surface area contributed by atoms with Crippen molar-refractivity contribution in [2.75, 3.05) is 18.1 Å². The van der Waals surface area contributed by atoms with Gasteiger partial charge in [0.15, 0.2) is 9.84 Å². The maximum atomic E-state index is 11.5. The van der Waals surface area contributed by atoms with Gasteiger partial charge in [-0.15, -0.1) is 0 Å². The summed E-state index contributed by atoms with van der Waals surface area (Å²) in [6.45, 7) is 1.72. The van der Waals surface area contributed by atoms with Gasteiger partial charge in [-0.3, -0.25) is 0 Å². The molecule has 1 aromatic rings. The molecule has 0 radical (unpaired) electrons. The zero-order valence-electron chi connectivity index (χ0n) is 10.4. The number of halogens is 1. The first-order valence-corrected chi connectivity index (χ1v) is 8.34. The van der Waals surface area contributed by atoms with Crippen LogP contribution in [0.2, 0.25) is 0 Å². The van der Waals surface area contributed by atoms with E-state index >= 15 is 0 Å². The Balaban J connectivity index is 2.76. The Morgan fingerprint density at radius 1 is 1.37 bits per heavy atom. The van der Waals surface area contributed by atoms with Crippen molar-refractivity contribution in [3.05, 3.63) is 28.2 Å². The van der Waals surface area contributed by atoms with Crippen LogP contribution in [0.4, 0.5) is 0 Å². The third-order valence-electron chi connectivity index (χ3n) is 2.35. The maximum absolute atomic E-state index is 11.5. The highest BCUT2D eigenvalue weighted by atomic mass is 79.9. The van der Waals surface area contributed by atoms with Crippen LogP contribution in [-0.4, -0.2) is 37.6 Å². The number of hydrogen-bond acceptors (Lipinski definition) is 4. The van der Waals surface area contributed by atoms with E-state index in [1.54, 1.807) is 19.1 Å². The summed E-state index contributed by atoms with van der Waals surface area (Å²) in [5.41, 5.74) is 0.00210. The normalized spacial score (nSPS) is 11.3. The molecule has 0 fully saturated rings. The summed E-state index contributed by atoms with van der Waals surface area (Å²) in [7, 11) is -3.14. The Labute approximate surface area is 120 Å². The molecule has 19 heavy (non-hydrogen) atoms. The molecule has 0 spiro atoms. The average Bonchev–Trinajstić information content (AvgIpc) is 2.30. The molecule has 0 unspecified atom stereocenters. The van der Waals surface area contributed by atoms with Crippen LogP contribution in [0.5, 0.6) is 5.75 Å². The third-order valence-corrected chi connectivity index (χ3v) is 4.80. The average molecular weight is 351 g/mol. The molecular formula is C12H15BrO5S. The molecule has 1 rings (SSSR count). The Kier molecular flexibility index (Phi) is 5.81. The number of sulfone groups is 1. The molecule has 5 nitrogen and oxygen atoms in total. The van der Waals surface area contributed by atoms with Gasteiger partial charge in [-0.2, -0.15) is 0 Å². The van der Waals surface area contributed by atoms with E-state index in [0.29, 0.717) is 10.9 Å². The molecule has 0 aliphatic heterocycles. The molecule has 0 amide bonds. The number of carboxylic acids is 1. The van der Waals surface area contributed by atoms with E-state index in [4.69, 9.17) is 9.84 Å². The lowest BCUT2D eigenvalue weighted by Crippen LogP contribution is -2.17. The molecule has 0 aromatic heterocycles. The Bertz CT molecular complexity index is 553. The van der Waals surface area contributed by atoms with Crippen molar-refractivity contribution in [3.63, 3.8) is 0 Å². The van der Waals surface area contributed by atoms with Crippen molar-refractivity contribution in [2.45, 2.75) is 13.3 Å². The van der Waals surface area contributed by atoms with Crippen LogP contribution >= 0.6 is 15.9 Å². The first kappa shape index (κ1) is 16.0. The fourth-order valence-corrected chi connectivity index (χ4v) is 3.15. The van der Waals surface area contributed by atoms with E-state index in [2.05, 4.69) is 15.9 Å². The molecule has 7 heteroatoms. The maximum Gasteiger partial charge on any atom is 0.339 e. The number of ether oxygens (including phenoxy) is 1. The quantitative estimate of drug-likeness (QED) is 0.816. The number of hydrogen-bond donors (Lipinski definition) is 1. The second-order valence-electron chi connectivity index (χ2n) is 3.92. The van der Waals surface area contributed by atoms with Gasteiger partial charge in [-0.1, -0.05) is 13.0 Å². The van der Waals surface area contributed by atoms with Crippen molar-refractivity contribution in [3.8, 4) is 5.75 Å². The Hall–Kier alpha value is -1.08. The van der Waals surface area contributed by atoms with Crippen LogP contribution in [0, 0.1) is 0 Å². The van der Waals surface area contributed by atoms with Crippen molar-refractivity contribution in [1.29, 1.82) is 0 Å². The van der Waals surface area contributed by atoms with Crippen LogP contribution < -0.4 is 4.74 Å². The highest BCUT2D eigenvalue weighted by molar-refractivity contribution is 9.10. The monoisotopic (exact) mass is 350 g/mol. The van der Waals surface area contributed by atoms with Crippen molar-refractivity contribution in [1.82, 2.24) is 0 Å². The first-order chi connectivity index (χ1) is 8.87. The summed E-state index contributed by atoms with van der Waals surface area (Å²) in [6.07, 6.45) is 0.553. The minimum atomic E-state index is -3.14. The van der Waals surface area contributed by atoms with Crippen LogP contribution in [-0.2, 0) is 9.84 Å². The largest absolute Gasteiger partial charge is 0.490 e. The molecule has 0 aliphatic carbocycles. The third kappa shape index (κ3) is 4.83. The molecule has 1 aromatic carbocycles. The topological polar surface area (TPSA) is 80.7 Å². The van der Waals surface area contributed by atoms with Crippen LogP contribution in [0.15, 0.2) is 22.7 Å². The Morgan fingerprint density at radius 3 is 2.63 bits per heavy atom. The summed E-state index contributed by atoms with van der Waals surface area (Å²) in [5, 5.41) is 9.01. The fourth-order valence-electron chi connectivity index (χ4n) is 1.51. The molecule has 0 atom stereocenters. The summed E-state index contributed by atoms with van der Waals surface area (Å²) in [6, 6.07) is 4.62. The van der Waals surface area contributed by atoms with Crippen LogP contribution in [0.1, 0.15) is 23.7 Å². The lowest BCUT2D eigenvalue weighted by atomic mass is 10.2. The molecule has 1 N–H and O–H groups in total. The highest BCUT2D eigenvalue weighted by Crippen LogP contribution is 2.29. The SMILES string of the molecule is CCCS(=O)(=O)CCOc1c(Br)cccc1C(=O)O. The first-order valence-electron chi connectivity index (χ1n) is 5.72. The molecule has 0 saturated carbocycles. The summed E-state index contributed by atoms with van der Waals surface area (Å²) >= 11 is 3.19. The number of carbonyl (C=O) groups is 1. The zero-order chi connectivity index (χ0) is 14.5. The minimum Gasteiger partial charge on any atom is -0.490 e. The van der Waals surface area contributed by atoms with Gasteiger partial charge in [0, 0.05) is 0 Å². The standard InChI is InChI=1S/C12H15BrO5S/c1-2-7-19(16,17)8-6-18-11-9(12(14)15)4-3-5-10(11)13/h3-5H,2,6-8H2,1H3,(H,14,15). The number of aromatic carboxylic acids is 1. The van der Waals surface area contributed by atoms with Crippen molar-refractivity contribution in [2.24, 2.45) is 0 Å². The van der Waals surface area contributed by atoms with Crippen molar-refractivity contribution >= 4 is 31.7 Å². The van der Waals surface area contributed by atoms with Gasteiger partial charge >= 0.3 is 5.97 Å². The van der Waals surface area contributed by atoms with E-state index < -0.39 is 15.8 Å². The fraction of sp³-hybridized carbons (Fsp3) is 0.417. The number of para-hydroxylation sites is 1. The molecule has 106 valence electrons. The van der Waals surface area contributed by atoms with Gasteiger partial charge in [-0.05, 0) is 34.5 Å². The van der Waals surface area contributed by atoms with Gasteiger partial charge in [0.05, 0.1) is 16.0 Å². The molecule has 0 aliphatic rings. The molecule has 0 bridgehead atoms.